The fourth-order valence-electron chi connectivity index (χ4n) is 3.51. The van der Waals surface area contributed by atoms with E-state index < -0.39 is 32.9 Å². The standard InChI is InChI=1S/C19H33NO6Si/c1-11(2)16(18(24)25-6)20-13(9-14(21)22)15(17(20)23)12(19(3,4)5)10-26-27(7)8/h12-13,15,27H,9-10H2,1-8H3,(H,21,22)/t12-,13-,15+/m1/s1. The summed E-state index contributed by atoms with van der Waals surface area (Å²) in [6, 6.07) is -0.597. The lowest BCUT2D eigenvalue weighted by Gasteiger charge is -2.53. The molecule has 0 spiro atoms. The molecule has 1 rings (SSSR count). The minimum atomic E-state index is -1.29. The number of hydrogen-bond donors (Lipinski definition) is 1. The molecule has 0 unspecified atom stereocenters. The molecule has 7 nitrogen and oxygen atoms in total. The Morgan fingerprint density at radius 2 is 1.81 bits per heavy atom. The second-order valence-electron chi connectivity index (χ2n) is 8.59. The van der Waals surface area contributed by atoms with Crippen LogP contribution < -0.4 is 0 Å². The lowest BCUT2D eigenvalue weighted by atomic mass is 9.65. The van der Waals surface area contributed by atoms with Gasteiger partial charge in [-0.15, -0.1) is 0 Å². The number of esters is 1. The number of rotatable bonds is 8. The molecule has 1 heterocycles. The zero-order valence-electron chi connectivity index (χ0n) is 17.7. The Labute approximate surface area is 163 Å². The third kappa shape index (κ3) is 5.41. The molecule has 1 aliphatic heterocycles. The highest BCUT2D eigenvalue weighted by atomic mass is 28.3. The number of likely N-dealkylation sites (tertiary alicyclic amines) is 1. The number of carbonyl (C=O) groups excluding carboxylic acids is 2. The Kier molecular flexibility index (Phi) is 7.80. The normalized spacial score (nSPS) is 20.9. The van der Waals surface area contributed by atoms with Crippen molar-refractivity contribution in [3.8, 4) is 0 Å². The zero-order chi connectivity index (χ0) is 21.1. The van der Waals surface area contributed by atoms with Gasteiger partial charge in [-0.3, -0.25) is 9.59 Å². The van der Waals surface area contributed by atoms with Crippen LogP contribution in [0.2, 0.25) is 13.1 Å². The van der Waals surface area contributed by atoms with Gasteiger partial charge in [0.05, 0.1) is 25.5 Å². The van der Waals surface area contributed by atoms with Gasteiger partial charge in [0, 0.05) is 6.61 Å². The first kappa shape index (κ1) is 23.4. The van der Waals surface area contributed by atoms with E-state index in [1.807, 2.05) is 20.8 Å². The number of amides is 1. The number of methoxy groups -OCH3 is 1. The maximum absolute atomic E-state index is 13.1. The molecule has 1 aliphatic rings. The van der Waals surface area contributed by atoms with E-state index in [4.69, 9.17) is 9.16 Å². The van der Waals surface area contributed by atoms with Gasteiger partial charge >= 0.3 is 11.9 Å². The van der Waals surface area contributed by atoms with Gasteiger partial charge in [0.15, 0.2) is 9.04 Å². The number of aliphatic carboxylic acids is 1. The largest absolute Gasteiger partial charge is 0.481 e. The molecule has 1 saturated heterocycles. The van der Waals surface area contributed by atoms with Crippen LogP contribution >= 0.6 is 0 Å². The molecule has 0 radical (unpaired) electrons. The van der Waals surface area contributed by atoms with E-state index in [9.17, 15) is 19.5 Å². The van der Waals surface area contributed by atoms with Crippen LogP contribution in [0.3, 0.4) is 0 Å². The summed E-state index contributed by atoms with van der Waals surface area (Å²) in [5.74, 6) is -2.52. The van der Waals surface area contributed by atoms with Crippen LogP contribution in [0.25, 0.3) is 0 Å². The Bertz CT molecular complexity index is 618. The number of ether oxygens (including phenoxy) is 1. The average Bonchev–Trinajstić information content (AvgIpc) is 2.52. The summed E-state index contributed by atoms with van der Waals surface area (Å²) >= 11 is 0. The molecular weight excluding hydrogens is 366 g/mol. The summed E-state index contributed by atoms with van der Waals surface area (Å²) in [7, 11) is -0.0453. The summed E-state index contributed by atoms with van der Waals surface area (Å²) in [6.45, 7) is 14.0. The van der Waals surface area contributed by atoms with Crippen molar-refractivity contribution in [3.05, 3.63) is 11.3 Å². The first-order valence-electron chi connectivity index (χ1n) is 9.25. The van der Waals surface area contributed by atoms with Crippen molar-refractivity contribution in [2.45, 2.75) is 60.2 Å². The third-order valence-corrected chi connectivity index (χ3v) is 5.76. The topological polar surface area (TPSA) is 93.1 Å². The molecule has 1 fully saturated rings. The Morgan fingerprint density at radius 1 is 1.26 bits per heavy atom. The molecule has 1 amide bonds. The van der Waals surface area contributed by atoms with Crippen LogP contribution in [0.4, 0.5) is 0 Å². The fourth-order valence-corrected chi connectivity index (χ4v) is 4.10. The quantitative estimate of drug-likeness (QED) is 0.292. The van der Waals surface area contributed by atoms with E-state index in [1.54, 1.807) is 13.8 Å². The highest BCUT2D eigenvalue weighted by molar-refractivity contribution is 6.48. The molecule has 0 aliphatic carbocycles. The van der Waals surface area contributed by atoms with Crippen LogP contribution in [0.15, 0.2) is 11.3 Å². The van der Waals surface area contributed by atoms with Gasteiger partial charge in [-0.1, -0.05) is 20.8 Å². The maximum Gasteiger partial charge on any atom is 0.354 e. The summed E-state index contributed by atoms with van der Waals surface area (Å²) in [5, 5.41) is 9.40. The number of carbonyl (C=O) groups is 3. The van der Waals surface area contributed by atoms with Crippen molar-refractivity contribution >= 4 is 26.9 Å². The molecule has 0 aromatic rings. The van der Waals surface area contributed by atoms with Crippen molar-refractivity contribution in [3.63, 3.8) is 0 Å². The second kappa shape index (κ2) is 9.01. The SMILES string of the molecule is COC(=O)C(=C(C)C)N1C(=O)[C@@H]([C@@H](CO[SiH](C)C)C(C)(C)C)[C@H]1CC(=O)O. The number of carboxylic acid groups (broad SMARTS) is 1. The van der Waals surface area contributed by atoms with E-state index >= 15 is 0 Å². The minimum absolute atomic E-state index is 0.136. The first-order valence-corrected chi connectivity index (χ1v) is 12.0. The third-order valence-electron chi connectivity index (χ3n) is 4.90. The molecular formula is C19H33NO6Si. The molecule has 0 bridgehead atoms. The van der Waals surface area contributed by atoms with Gasteiger partial charge < -0.3 is 19.2 Å². The highest BCUT2D eigenvalue weighted by Gasteiger charge is 2.56. The van der Waals surface area contributed by atoms with E-state index in [-0.39, 0.29) is 29.4 Å². The van der Waals surface area contributed by atoms with Gasteiger partial charge in [0.2, 0.25) is 5.91 Å². The summed E-state index contributed by atoms with van der Waals surface area (Å²) in [5.41, 5.74) is 0.502. The van der Waals surface area contributed by atoms with Crippen LogP contribution in [0.1, 0.15) is 41.0 Å². The fraction of sp³-hybridized carbons (Fsp3) is 0.737. The highest BCUT2D eigenvalue weighted by Crippen LogP contribution is 2.45. The Balaban J connectivity index is 3.31. The first-order chi connectivity index (χ1) is 12.3. The number of allylic oxidation sites excluding steroid dienone is 1. The van der Waals surface area contributed by atoms with Crippen molar-refractivity contribution in [2.24, 2.45) is 17.3 Å². The number of carboxylic acids is 1. The van der Waals surface area contributed by atoms with E-state index in [0.717, 1.165) is 0 Å². The number of nitrogens with zero attached hydrogens (tertiary/aromatic N) is 1. The summed E-state index contributed by atoms with van der Waals surface area (Å²) in [4.78, 5) is 38.1. The molecule has 27 heavy (non-hydrogen) atoms. The molecule has 8 heteroatoms. The summed E-state index contributed by atoms with van der Waals surface area (Å²) in [6.07, 6.45) is -0.226. The van der Waals surface area contributed by atoms with Gasteiger partial charge in [0.25, 0.3) is 0 Å². The molecule has 154 valence electrons. The van der Waals surface area contributed by atoms with Crippen molar-refractivity contribution in [1.29, 1.82) is 0 Å². The predicted molar refractivity (Wildman–Crippen MR) is 105 cm³/mol. The zero-order valence-corrected chi connectivity index (χ0v) is 18.8. The number of hydrogen-bond acceptors (Lipinski definition) is 5. The van der Waals surface area contributed by atoms with Crippen molar-refractivity contribution < 1.29 is 28.7 Å². The predicted octanol–water partition coefficient (Wildman–Crippen LogP) is 2.42. The Morgan fingerprint density at radius 3 is 2.19 bits per heavy atom. The van der Waals surface area contributed by atoms with Gasteiger partial charge in [-0.2, -0.15) is 0 Å². The van der Waals surface area contributed by atoms with Gasteiger partial charge in [-0.05, 0) is 43.8 Å². The monoisotopic (exact) mass is 399 g/mol. The molecule has 0 aromatic carbocycles. The summed E-state index contributed by atoms with van der Waals surface area (Å²) < 4.78 is 10.7. The van der Waals surface area contributed by atoms with E-state index in [2.05, 4.69) is 13.1 Å². The minimum Gasteiger partial charge on any atom is -0.481 e. The van der Waals surface area contributed by atoms with Crippen LogP contribution in [0.5, 0.6) is 0 Å². The van der Waals surface area contributed by atoms with E-state index in [1.165, 1.54) is 12.0 Å². The number of β-lactam (4-membered cyclic amide) rings is 1. The second-order valence-corrected chi connectivity index (χ2v) is 11.0. The molecule has 3 atom stereocenters. The lowest BCUT2D eigenvalue weighted by molar-refractivity contribution is -0.168. The molecule has 1 N–H and O–H groups in total. The van der Waals surface area contributed by atoms with Crippen LogP contribution in [-0.2, 0) is 23.5 Å². The lowest BCUT2D eigenvalue weighted by Crippen LogP contribution is -2.66. The van der Waals surface area contributed by atoms with Gasteiger partial charge in [0.1, 0.15) is 5.70 Å². The van der Waals surface area contributed by atoms with Crippen LogP contribution in [0, 0.1) is 17.3 Å². The molecule has 0 saturated carbocycles. The van der Waals surface area contributed by atoms with Crippen molar-refractivity contribution in [1.82, 2.24) is 4.90 Å². The van der Waals surface area contributed by atoms with E-state index in [0.29, 0.717) is 12.2 Å². The molecule has 0 aromatic heterocycles. The Hall–Kier alpha value is -1.67. The van der Waals surface area contributed by atoms with Crippen molar-refractivity contribution in [2.75, 3.05) is 13.7 Å². The van der Waals surface area contributed by atoms with Gasteiger partial charge in [-0.25, -0.2) is 4.79 Å². The average molecular weight is 400 g/mol. The maximum atomic E-state index is 13.1. The van der Waals surface area contributed by atoms with Crippen LogP contribution in [-0.4, -0.2) is 56.7 Å². The smallest absolute Gasteiger partial charge is 0.354 e.